The second-order valence-electron chi connectivity index (χ2n) is 6.32. The zero-order chi connectivity index (χ0) is 17.9. The lowest BCUT2D eigenvalue weighted by molar-refractivity contribution is 0.248. The van der Waals surface area contributed by atoms with Crippen molar-refractivity contribution in [2.75, 3.05) is 37.6 Å². The van der Waals surface area contributed by atoms with Crippen LogP contribution in [0.3, 0.4) is 0 Å². The molecule has 0 atom stereocenters. The maximum Gasteiger partial charge on any atom is 0.350 e. The smallest absolute Gasteiger partial charge is 0.350 e. The molecule has 0 bridgehead atoms. The van der Waals surface area contributed by atoms with Crippen molar-refractivity contribution >= 4 is 35.5 Å². The fourth-order valence-corrected chi connectivity index (χ4v) is 3.39. The first-order valence-corrected chi connectivity index (χ1v) is 9.07. The number of hydrogen-bond donors (Lipinski definition) is 0. The van der Waals surface area contributed by atoms with Crippen LogP contribution in [-0.4, -0.2) is 61.8 Å². The third-order valence-corrected chi connectivity index (χ3v) is 4.80. The minimum Gasteiger partial charge on any atom is -0.353 e. The van der Waals surface area contributed by atoms with E-state index in [-0.39, 0.29) is 18.1 Å². The van der Waals surface area contributed by atoms with Gasteiger partial charge in [-0.1, -0.05) is 17.7 Å². The summed E-state index contributed by atoms with van der Waals surface area (Å²) < 4.78 is 3.12. The summed E-state index contributed by atoms with van der Waals surface area (Å²) in [5, 5.41) is 4.79. The summed E-state index contributed by atoms with van der Waals surface area (Å²) in [5.74, 6) is 0.827. The van der Waals surface area contributed by atoms with Crippen molar-refractivity contribution < 1.29 is 0 Å². The Balaban J connectivity index is 0.00000210. The number of nitrogens with zero attached hydrogens (tertiary/aromatic N) is 7. The number of piperazine rings is 1. The van der Waals surface area contributed by atoms with Crippen molar-refractivity contribution in [1.82, 2.24) is 29.0 Å². The molecule has 0 radical (unpaired) electrons. The van der Waals surface area contributed by atoms with Gasteiger partial charge in [-0.3, -0.25) is 14.3 Å². The van der Waals surface area contributed by atoms with Crippen molar-refractivity contribution in [2.24, 2.45) is 0 Å². The molecule has 4 rings (SSSR count). The molecule has 0 N–H and O–H groups in total. The van der Waals surface area contributed by atoms with E-state index in [1.807, 2.05) is 18.2 Å². The van der Waals surface area contributed by atoms with E-state index >= 15 is 0 Å². The Morgan fingerprint density at radius 3 is 2.63 bits per heavy atom. The molecule has 3 aromatic rings. The average Bonchev–Trinajstić information content (AvgIpc) is 2.99. The molecule has 0 unspecified atom stereocenters. The topological polar surface area (TPSA) is 71.6 Å². The third kappa shape index (κ3) is 4.40. The van der Waals surface area contributed by atoms with Crippen LogP contribution in [0.4, 0.5) is 5.82 Å². The SMILES string of the molecule is Cl.O=c1n(CCCN2CCN(c3cncc(Cl)n3)CC2)nc2ccccn12. The molecule has 0 aliphatic carbocycles. The minimum atomic E-state index is -0.0788. The van der Waals surface area contributed by atoms with Gasteiger partial charge in [-0.2, -0.15) is 0 Å². The summed E-state index contributed by atoms with van der Waals surface area (Å²) in [6.45, 7) is 5.26. The molecule has 0 aromatic carbocycles. The Hall–Kier alpha value is -2.16. The normalized spacial score (nSPS) is 15.1. The number of anilines is 1. The number of aryl methyl sites for hydroxylation is 1. The number of hydrogen-bond acceptors (Lipinski definition) is 6. The van der Waals surface area contributed by atoms with Gasteiger partial charge in [0.1, 0.15) is 11.0 Å². The van der Waals surface area contributed by atoms with Crippen LogP contribution in [0.5, 0.6) is 0 Å². The lowest BCUT2D eigenvalue weighted by Crippen LogP contribution is -2.47. The van der Waals surface area contributed by atoms with Crippen LogP contribution < -0.4 is 10.6 Å². The molecule has 1 aliphatic heterocycles. The van der Waals surface area contributed by atoms with Crippen LogP contribution in [-0.2, 0) is 6.54 Å². The fraction of sp³-hybridized carbons (Fsp3) is 0.412. The summed E-state index contributed by atoms with van der Waals surface area (Å²) in [5.41, 5.74) is 0.610. The second-order valence-corrected chi connectivity index (χ2v) is 6.70. The second kappa shape index (κ2) is 8.69. The Morgan fingerprint density at radius 2 is 1.89 bits per heavy atom. The molecule has 3 aromatic heterocycles. The summed E-state index contributed by atoms with van der Waals surface area (Å²) in [6.07, 6.45) is 5.93. The number of fused-ring (bicyclic) bond motifs is 1. The molecule has 0 spiro atoms. The zero-order valence-corrected chi connectivity index (χ0v) is 16.3. The number of pyridine rings is 1. The summed E-state index contributed by atoms with van der Waals surface area (Å²) in [4.78, 5) is 25.3. The molecule has 27 heavy (non-hydrogen) atoms. The predicted molar refractivity (Wildman–Crippen MR) is 107 cm³/mol. The van der Waals surface area contributed by atoms with Gasteiger partial charge in [-0.05, 0) is 18.6 Å². The number of halogens is 2. The van der Waals surface area contributed by atoms with E-state index in [4.69, 9.17) is 11.6 Å². The van der Waals surface area contributed by atoms with Crippen molar-refractivity contribution in [2.45, 2.75) is 13.0 Å². The quantitative estimate of drug-likeness (QED) is 0.636. The Kier molecular flexibility index (Phi) is 6.30. The van der Waals surface area contributed by atoms with Crippen molar-refractivity contribution in [3.8, 4) is 0 Å². The summed E-state index contributed by atoms with van der Waals surface area (Å²) in [6, 6.07) is 5.57. The lowest BCUT2D eigenvalue weighted by atomic mass is 10.3. The van der Waals surface area contributed by atoms with Gasteiger partial charge < -0.3 is 4.90 Å². The molecule has 1 fully saturated rings. The van der Waals surface area contributed by atoms with Gasteiger partial charge in [-0.25, -0.2) is 14.5 Å². The number of aromatic nitrogens is 5. The first kappa shape index (κ1) is 19.6. The highest BCUT2D eigenvalue weighted by atomic mass is 35.5. The highest BCUT2D eigenvalue weighted by Crippen LogP contribution is 2.15. The van der Waals surface area contributed by atoms with E-state index in [1.165, 1.54) is 0 Å². The summed E-state index contributed by atoms with van der Waals surface area (Å²) >= 11 is 5.92. The van der Waals surface area contributed by atoms with Gasteiger partial charge in [0.2, 0.25) is 0 Å². The summed E-state index contributed by atoms with van der Waals surface area (Å²) in [7, 11) is 0. The standard InChI is InChI=1S/C17H20ClN7O.ClH/c18-14-12-19-13-16(20-14)23-10-8-22(9-11-23)5-3-7-25-17(26)24-6-2-1-4-15(24)21-25;/h1-2,4,6,12-13H,3,5,7-11H2;1H. The predicted octanol–water partition coefficient (Wildman–Crippen LogP) is 1.57. The lowest BCUT2D eigenvalue weighted by Gasteiger charge is -2.35. The van der Waals surface area contributed by atoms with Crippen LogP contribution in [0.1, 0.15) is 6.42 Å². The Morgan fingerprint density at radius 1 is 1.07 bits per heavy atom. The van der Waals surface area contributed by atoms with Gasteiger partial charge in [0.05, 0.1) is 12.4 Å². The van der Waals surface area contributed by atoms with Gasteiger partial charge in [-0.15, -0.1) is 17.5 Å². The molecule has 0 amide bonds. The van der Waals surface area contributed by atoms with E-state index in [9.17, 15) is 4.79 Å². The number of rotatable bonds is 5. The van der Waals surface area contributed by atoms with Gasteiger partial charge in [0.25, 0.3) is 0 Å². The first-order chi connectivity index (χ1) is 12.7. The van der Waals surface area contributed by atoms with Crippen LogP contribution in [0.25, 0.3) is 5.65 Å². The molecule has 8 nitrogen and oxygen atoms in total. The zero-order valence-electron chi connectivity index (χ0n) is 14.7. The largest absolute Gasteiger partial charge is 0.353 e. The third-order valence-electron chi connectivity index (χ3n) is 4.62. The van der Waals surface area contributed by atoms with Crippen molar-refractivity contribution in [1.29, 1.82) is 0 Å². The van der Waals surface area contributed by atoms with Crippen molar-refractivity contribution in [3.63, 3.8) is 0 Å². The van der Waals surface area contributed by atoms with Crippen molar-refractivity contribution in [3.05, 3.63) is 52.4 Å². The monoisotopic (exact) mass is 409 g/mol. The highest BCUT2D eigenvalue weighted by molar-refractivity contribution is 6.29. The van der Waals surface area contributed by atoms with Crippen LogP contribution in [0, 0.1) is 0 Å². The molecular formula is C17H21Cl2N7O. The Bertz CT molecular complexity index is 950. The highest BCUT2D eigenvalue weighted by Gasteiger charge is 2.18. The molecule has 10 heteroatoms. The van der Waals surface area contributed by atoms with Gasteiger partial charge >= 0.3 is 5.69 Å². The van der Waals surface area contributed by atoms with E-state index in [0.717, 1.165) is 45.0 Å². The average molecular weight is 410 g/mol. The molecule has 144 valence electrons. The maximum absolute atomic E-state index is 12.3. The van der Waals surface area contributed by atoms with Gasteiger partial charge in [0, 0.05) is 45.5 Å². The van der Waals surface area contributed by atoms with E-state index in [2.05, 4.69) is 24.9 Å². The Labute approximate surface area is 167 Å². The molecule has 1 saturated heterocycles. The van der Waals surface area contributed by atoms with Gasteiger partial charge in [0.15, 0.2) is 5.65 Å². The van der Waals surface area contributed by atoms with E-state index < -0.39 is 0 Å². The molecule has 4 heterocycles. The van der Waals surface area contributed by atoms with E-state index in [1.54, 1.807) is 27.7 Å². The molecule has 1 aliphatic rings. The van der Waals surface area contributed by atoms with Crippen LogP contribution in [0.15, 0.2) is 41.6 Å². The minimum absolute atomic E-state index is 0. The van der Waals surface area contributed by atoms with E-state index in [0.29, 0.717) is 17.3 Å². The molecular weight excluding hydrogens is 389 g/mol. The maximum atomic E-state index is 12.3. The van der Waals surface area contributed by atoms with Crippen LogP contribution >= 0.6 is 24.0 Å². The first-order valence-electron chi connectivity index (χ1n) is 8.70. The fourth-order valence-electron chi connectivity index (χ4n) is 3.24. The van der Waals surface area contributed by atoms with Crippen LogP contribution in [0.2, 0.25) is 5.15 Å². The molecule has 0 saturated carbocycles.